The molecule has 0 bridgehead atoms. The van der Waals surface area contributed by atoms with Crippen LogP contribution in [0.1, 0.15) is 0 Å². The van der Waals surface area contributed by atoms with Gasteiger partial charge in [-0.3, -0.25) is 4.79 Å². The Labute approximate surface area is 62.0 Å². The van der Waals surface area contributed by atoms with Gasteiger partial charge in [0.15, 0.2) is 0 Å². The molecule has 0 fully saturated rings. The van der Waals surface area contributed by atoms with Crippen molar-refractivity contribution in [3.63, 3.8) is 0 Å². The van der Waals surface area contributed by atoms with Crippen LogP contribution in [0.25, 0.3) is 0 Å². The first-order valence-electron chi connectivity index (χ1n) is 2.92. The van der Waals surface area contributed by atoms with Crippen molar-refractivity contribution in [3.05, 3.63) is 0 Å². The number of carbonyl (C=O) groups is 1. The maximum atomic E-state index is 11.6. The largest absolute Gasteiger partial charge is 0.471 e. The van der Waals surface area contributed by atoms with E-state index in [-0.39, 0.29) is 13.1 Å². The molecule has 11 heavy (non-hydrogen) atoms. The zero-order valence-corrected chi connectivity index (χ0v) is 5.98. The van der Waals surface area contributed by atoms with E-state index in [4.69, 9.17) is 5.73 Å². The summed E-state index contributed by atoms with van der Waals surface area (Å²) in [6.07, 6.45) is -4.79. The first-order valence-corrected chi connectivity index (χ1v) is 2.92. The van der Waals surface area contributed by atoms with E-state index < -0.39 is 12.1 Å². The molecule has 0 aromatic carbocycles. The van der Waals surface area contributed by atoms with Crippen LogP contribution in [0.2, 0.25) is 0 Å². The van der Waals surface area contributed by atoms with E-state index in [0.717, 1.165) is 7.05 Å². The van der Waals surface area contributed by atoms with E-state index >= 15 is 0 Å². The van der Waals surface area contributed by atoms with Gasteiger partial charge in [-0.1, -0.05) is 0 Å². The molecular formula is C5H9F3N2O. The monoisotopic (exact) mass is 170 g/mol. The average Bonchev–Trinajstić information content (AvgIpc) is 1.85. The SMILES string of the molecule is CN(CCN)C(=O)C(F)(F)F. The van der Waals surface area contributed by atoms with Crippen LogP contribution in [-0.4, -0.2) is 37.1 Å². The fourth-order valence-electron chi connectivity index (χ4n) is 0.512. The first kappa shape index (κ1) is 10.2. The highest BCUT2D eigenvalue weighted by atomic mass is 19.4. The molecule has 0 aliphatic heterocycles. The van der Waals surface area contributed by atoms with E-state index in [2.05, 4.69) is 0 Å². The summed E-state index contributed by atoms with van der Waals surface area (Å²) in [4.78, 5) is 10.8. The number of carbonyl (C=O) groups excluding carboxylic acids is 1. The average molecular weight is 170 g/mol. The number of likely N-dealkylation sites (N-methyl/N-ethyl adjacent to an activating group) is 1. The van der Waals surface area contributed by atoms with Gasteiger partial charge in [0.05, 0.1) is 0 Å². The molecule has 0 aromatic rings. The Morgan fingerprint density at radius 3 is 2.27 bits per heavy atom. The molecule has 0 aliphatic rings. The van der Waals surface area contributed by atoms with Gasteiger partial charge in [-0.15, -0.1) is 0 Å². The van der Waals surface area contributed by atoms with Crippen molar-refractivity contribution in [2.45, 2.75) is 6.18 Å². The van der Waals surface area contributed by atoms with Gasteiger partial charge in [0, 0.05) is 20.1 Å². The third-order valence-electron chi connectivity index (χ3n) is 1.05. The highest BCUT2D eigenvalue weighted by molar-refractivity contribution is 5.81. The van der Waals surface area contributed by atoms with Gasteiger partial charge in [-0.2, -0.15) is 13.2 Å². The number of amides is 1. The van der Waals surface area contributed by atoms with E-state index in [1.165, 1.54) is 0 Å². The first-order chi connectivity index (χ1) is 4.89. The standard InChI is InChI=1S/C5H9F3N2O/c1-10(3-2-9)4(11)5(6,7)8/h2-3,9H2,1H3. The molecule has 0 rings (SSSR count). The summed E-state index contributed by atoms with van der Waals surface area (Å²) in [5.74, 6) is -1.86. The summed E-state index contributed by atoms with van der Waals surface area (Å²) in [7, 11) is 1.06. The van der Waals surface area contributed by atoms with E-state index in [1.54, 1.807) is 0 Å². The second-order valence-corrected chi connectivity index (χ2v) is 2.01. The summed E-state index contributed by atoms with van der Waals surface area (Å²) in [6.45, 7) is -0.0589. The minimum Gasteiger partial charge on any atom is -0.337 e. The third-order valence-corrected chi connectivity index (χ3v) is 1.05. The predicted octanol–water partition coefficient (Wildman–Crippen LogP) is -0.0342. The maximum absolute atomic E-state index is 11.6. The van der Waals surface area contributed by atoms with Crippen LogP contribution >= 0.6 is 0 Å². The van der Waals surface area contributed by atoms with Gasteiger partial charge in [0.25, 0.3) is 0 Å². The Balaban J connectivity index is 4.03. The lowest BCUT2D eigenvalue weighted by atomic mass is 10.5. The van der Waals surface area contributed by atoms with Crippen LogP contribution < -0.4 is 5.73 Å². The Kier molecular flexibility index (Phi) is 3.31. The number of nitrogens with two attached hydrogens (primary N) is 1. The molecule has 0 radical (unpaired) electrons. The van der Waals surface area contributed by atoms with Crippen molar-refractivity contribution < 1.29 is 18.0 Å². The molecule has 0 saturated carbocycles. The second kappa shape index (κ2) is 3.56. The number of halogens is 3. The second-order valence-electron chi connectivity index (χ2n) is 2.01. The van der Waals surface area contributed by atoms with Gasteiger partial charge in [-0.05, 0) is 0 Å². The van der Waals surface area contributed by atoms with Crippen LogP contribution in [-0.2, 0) is 4.79 Å². The number of hydrogen-bond acceptors (Lipinski definition) is 2. The molecule has 0 aliphatic carbocycles. The predicted molar refractivity (Wildman–Crippen MR) is 32.7 cm³/mol. The summed E-state index contributed by atoms with van der Waals surface area (Å²) in [5.41, 5.74) is 4.95. The Morgan fingerprint density at radius 2 is 2.00 bits per heavy atom. The highest BCUT2D eigenvalue weighted by Gasteiger charge is 2.40. The van der Waals surface area contributed by atoms with Crippen LogP contribution in [0.15, 0.2) is 0 Å². The van der Waals surface area contributed by atoms with Crippen LogP contribution in [0.3, 0.4) is 0 Å². The van der Waals surface area contributed by atoms with E-state index in [0.29, 0.717) is 4.90 Å². The number of alkyl halides is 3. The summed E-state index contributed by atoms with van der Waals surface area (Å²) in [6, 6.07) is 0. The van der Waals surface area contributed by atoms with Crippen LogP contribution in [0.5, 0.6) is 0 Å². The summed E-state index contributed by atoms with van der Waals surface area (Å²) in [5, 5.41) is 0. The van der Waals surface area contributed by atoms with Gasteiger partial charge >= 0.3 is 12.1 Å². The lowest BCUT2D eigenvalue weighted by molar-refractivity contribution is -0.183. The topological polar surface area (TPSA) is 46.3 Å². The Morgan fingerprint density at radius 1 is 1.55 bits per heavy atom. The Hall–Kier alpha value is -0.780. The third kappa shape index (κ3) is 3.22. The molecule has 3 nitrogen and oxygen atoms in total. The maximum Gasteiger partial charge on any atom is 0.471 e. The number of hydrogen-bond donors (Lipinski definition) is 1. The molecule has 0 unspecified atom stereocenters. The summed E-state index contributed by atoms with van der Waals surface area (Å²) >= 11 is 0. The minimum atomic E-state index is -4.79. The molecule has 6 heteroatoms. The summed E-state index contributed by atoms with van der Waals surface area (Å²) < 4.78 is 34.8. The molecule has 0 atom stereocenters. The van der Waals surface area contributed by atoms with Crippen molar-refractivity contribution in [3.8, 4) is 0 Å². The number of rotatable bonds is 2. The van der Waals surface area contributed by atoms with Crippen molar-refractivity contribution >= 4 is 5.91 Å². The minimum absolute atomic E-state index is 0.0261. The normalized spacial score (nSPS) is 11.4. The fourth-order valence-corrected chi connectivity index (χ4v) is 0.512. The molecule has 0 spiro atoms. The van der Waals surface area contributed by atoms with Gasteiger partial charge in [-0.25, -0.2) is 0 Å². The molecule has 0 aromatic heterocycles. The molecule has 0 saturated heterocycles. The van der Waals surface area contributed by atoms with Crippen molar-refractivity contribution in [2.24, 2.45) is 5.73 Å². The molecule has 1 amide bonds. The fraction of sp³-hybridized carbons (Fsp3) is 0.800. The van der Waals surface area contributed by atoms with Gasteiger partial charge in [0.2, 0.25) is 0 Å². The molecule has 66 valence electrons. The number of nitrogens with zero attached hydrogens (tertiary/aromatic N) is 1. The zero-order chi connectivity index (χ0) is 9.07. The van der Waals surface area contributed by atoms with E-state index in [9.17, 15) is 18.0 Å². The van der Waals surface area contributed by atoms with Gasteiger partial charge in [0.1, 0.15) is 0 Å². The molecule has 2 N–H and O–H groups in total. The van der Waals surface area contributed by atoms with Crippen molar-refractivity contribution in [1.82, 2.24) is 4.90 Å². The van der Waals surface area contributed by atoms with Crippen LogP contribution in [0, 0.1) is 0 Å². The molecule has 0 heterocycles. The zero-order valence-electron chi connectivity index (χ0n) is 5.98. The smallest absolute Gasteiger partial charge is 0.337 e. The molecular weight excluding hydrogens is 161 g/mol. The van der Waals surface area contributed by atoms with Crippen molar-refractivity contribution in [2.75, 3.05) is 20.1 Å². The lowest BCUT2D eigenvalue weighted by Gasteiger charge is -2.16. The van der Waals surface area contributed by atoms with Crippen LogP contribution in [0.4, 0.5) is 13.2 Å². The lowest BCUT2D eigenvalue weighted by Crippen LogP contribution is -2.40. The Bertz CT molecular complexity index is 145. The van der Waals surface area contributed by atoms with Crippen molar-refractivity contribution in [1.29, 1.82) is 0 Å². The van der Waals surface area contributed by atoms with E-state index in [1.807, 2.05) is 0 Å². The highest BCUT2D eigenvalue weighted by Crippen LogP contribution is 2.16. The van der Waals surface area contributed by atoms with Gasteiger partial charge < -0.3 is 10.6 Å². The quantitative estimate of drug-likeness (QED) is 0.632.